The van der Waals surface area contributed by atoms with E-state index in [1.165, 1.54) is 24.0 Å². The Hall–Kier alpha value is -1.72. The fourth-order valence-corrected chi connectivity index (χ4v) is 3.62. The molecule has 2 aromatic heterocycles. The molecule has 0 aromatic carbocycles. The maximum atomic E-state index is 6.31. The Morgan fingerprint density at radius 2 is 2.00 bits per heavy atom. The van der Waals surface area contributed by atoms with Gasteiger partial charge in [0, 0.05) is 51.4 Å². The predicted molar refractivity (Wildman–Crippen MR) is 92.4 cm³/mol. The lowest BCUT2D eigenvalue weighted by Crippen LogP contribution is -2.38. The van der Waals surface area contributed by atoms with Crippen LogP contribution < -0.4 is 0 Å². The van der Waals surface area contributed by atoms with Crippen molar-refractivity contribution in [3.05, 3.63) is 48.0 Å². The second-order valence-electron chi connectivity index (χ2n) is 7.22. The summed E-state index contributed by atoms with van der Waals surface area (Å²) in [4.78, 5) is 6.70. The number of ether oxygens (including phenoxy) is 1. The van der Waals surface area contributed by atoms with Crippen LogP contribution in [0.4, 0.5) is 0 Å². The van der Waals surface area contributed by atoms with Crippen molar-refractivity contribution in [3.63, 3.8) is 0 Å². The van der Waals surface area contributed by atoms with Gasteiger partial charge in [-0.1, -0.05) is 0 Å². The Kier molecular flexibility index (Phi) is 4.63. The number of aryl methyl sites for hydroxylation is 1. The van der Waals surface area contributed by atoms with Crippen LogP contribution in [0.3, 0.4) is 0 Å². The standard InChI is InChI=1S/C19H26N4O/c1-22-12-17(11-21-22)10-18-19(24-14-16-2-3-16)6-9-23(18)13-15-4-7-20-8-5-15/h4-5,7-8,11-12,16,18-19H,2-3,6,9-10,13-14H2,1H3/t18-,19+/m0/s1. The van der Waals surface area contributed by atoms with Crippen LogP contribution in [0.1, 0.15) is 30.4 Å². The van der Waals surface area contributed by atoms with E-state index in [2.05, 4.69) is 33.3 Å². The van der Waals surface area contributed by atoms with E-state index in [1.807, 2.05) is 30.3 Å². The molecule has 1 aliphatic heterocycles. The van der Waals surface area contributed by atoms with Crippen molar-refractivity contribution in [3.8, 4) is 0 Å². The zero-order valence-corrected chi connectivity index (χ0v) is 14.3. The Bertz CT molecular complexity index is 652. The normalized spacial score (nSPS) is 24.5. The first kappa shape index (κ1) is 15.8. The Morgan fingerprint density at radius 1 is 1.17 bits per heavy atom. The van der Waals surface area contributed by atoms with E-state index in [0.29, 0.717) is 12.1 Å². The van der Waals surface area contributed by atoms with Crippen LogP contribution in [0.5, 0.6) is 0 Å². The van der Waals surface area contributed by atoms with Gasteiger partial charge in [-0.25, -0.2) is 0 Å². The highest BCUT2D eigenvalue weighted by atomic mass is 16.5. The second-order valence-corrected chi connectivity index (χ2v) is 7.22. The number of hydrogen-bond donors (Lipinski definition) is 0. The number of likely N-dealkylation sites (tertiary alicyclic amines) is 1. The van der Waals surface area contributed by atoms with E-state index in [4.69, 9.17) is 4.74 Å². The molecule has 0 radical (unpaired) electrons. The van der Waals surface area contributed by atoms with Crippen molar-refractivity contribution in [1.29, 1.82) is 0 Å². The first-order chi connectivity index (χ1) is 11.8. The quantitative estimate of drug-likeness (QED) is 0.784. The van der Waals surface area contributed by atoms with Crippen molar-refractivity contribution >= 4 is 0 Å². The summed E-state index contributed by atoms with van der Waals surface area (Å²) in [6.07, 6.45) is 13.0. The van der Waals surface area contributed by atoms with Gasteiger partial charge in [-0.15, -0.1) is 0 Å². The zero-order chi connectivity index (χ0) is 16.4. The third-order valence-electron chi connectivity index (χ3n) is 5.18. The Morgan fingerprint density at radius 3 is 2.71 bits per heavy atom. The number of nitrogens with zero attached hydrogens (tertiary/aromatic N) is 4. The predicted octanol–water partition coefficient (Wildman–Crippen LogP) is 2.43. The SMILES string of the molecule is Cn1cc(C[C@H]2[C@H](OCC3CC3)CCN2Cc2ccncc2)cn1. The van der Waals surface area contributed by atoms with Gasteiger partial charge in [0.25, 0.3) is 0 Å². The van der Waals surface area contributed by atoms with Crippen LogP contribution in [-0.4, -0.2) is 45.0 Å². The Labute approximate surface area is 143 Å². The lowest BCUT2D eigenvalue weighted by molar-refractivity contribution is 0.0196. The highest BCUT2D eigenvalue weighted by molar-refractivity contribution is 5.13. The maximum absolute atomic E-state index is 6.31. The molecule has 24 heavy (non-hydrogen) atoms. The Balaban J connectivity index is 1.46. The van der Waals surface area contributed by atoms with E-state index < -0.39 is 0 Å². The van der Waals surface area contributed by atoms with Crippen LogP contribution in [0, 0.1) is 5.92 Å². The minimum atomic E-state index is 0.340. The molecule has 0 N–H and O–H groups in total. The van der Waals surface area contributed by atoms with Crippen LogP contribution >= 0.6 is 0 Å². The molecule has 1 saturated heterocycles. The molecule has 3 heterocycles. The fraction of sp³-hybridized carbons (Fsp3) is 0.579. The lowest BCUT2D eigenvalue weighted by Gasteiger charge is -2.28. The summed E-state index contributed by atoms with van der Waals surface area (Å²) in [6, 6.07) is 4.65. The summed E-state index contributed by atoms with van der Waals surface area (Å²) < 4.78 is 8.19. The lowest BCUT2D eigenvalue weighted by atomic mass is 10.0. The van der Waals surface area contributed by atoms with Crippen LogP contribution in [0.25, 0.3) is 0 Å². The van der Waals surface area contributed by atoms with Gasteiger partial charge in [0.05, 0.1) is 12.3 Å². The molecule has 4 rings (SSSR count). The van der Waals surface area contributed by atoms with Crippen LogP contribution in [-0.2, 0) is 24.8 Å². The molecule has 2 fully saturated rings. The molecule has 0 amide bonds. The molecule has 5 nitrogen and oxygen atoms in total. The van der Waals surface area contributed by atoms with E-state index in [-0.39, 0.29) is 0 Å². The molecule has 1 saturated carbocycles. The minimum Gasteiger partial charge on any atom is -0.376 e. The molecule has 1 aliphatic carbocycles. The molecule has 0 unspecified atom stereocenters. The summed E-state index contributed by atoms with van der Waals surface area (Å²) in [5.74, 6) is 0.818. The largest absolute Gasteiger partial charge is 0.376 e. The molecule has 2 aromatic rings. The topological polar surface area (TPSA) is 43.2 Å². The monoisotopic (exact) mass is 326 g/mol. The molecule has 0 spiro atoms. The molecule has 128 valence electrons. The van der Waals surface area contributed by atoms with Crippen LogP contribution in [0.2, 0.25) is 0 Å². The van der Waals surface area contributed by atoms with Crippen molar-refractivity contribution in [2.24, 2.45) is 13.0 Å². The summed E-state index contributed by atoms with van der Waals surface area (Å²) >= 11 is 0. The number of hydrogen-bond acceptors (Lipinski definition) is 4. The molecule has 0 bridgehead atoms. The molecular weight excluding hydrogens is 300 g/mol. The molecular formula is C19H26N4O. The van der Waals surface area contributed by atoms with Crippen molar-refractivity contribution < 1.29 is 4.74 Å². The average molecular weight is 326 g/mol. The van der Waals surface area contributed by atoms with Crippen molar-refractivity contribution in [1.82, 2.24) is 19.7 Å². The number of pyridine rings is 1. The molecule has 5 heteroatoms. The highest BCUT2D eigenvalue weighted by Crippen LogP contribution is 2.32. The van der Waals surface area contributed by atoms with Gasteiger partial charge in [0.2, 0.25) is 0 Å². The number of rotatable bonds is 7. The molecule has 2 atom stereocenters. The third kappa shape index (κ3) is 3.84. The summed E-state index contributed by atoms with van der Waals surface area (Å²) in [6.45, 7) is 3.01. The van der Waals surface area contributed by atoms with Gasteiger partial charge < -0.3 is 4.74 Å². The van der Waals surface area contributed by atoms with E-state index in [1.54, 1.807) is 0 Å². The summed E-state index contributed by atoms with van der Waals surface area (Å²) in [5.41, 5.74) is 2.62. The average Bonchev–Trinajstić information content (AvgIpc) is 3.23. The van der Waals surface area contributed by atoms with Gasteiger partial charge in [-0.3, -0.25) is 14.6 Å². The smallest absolute Gasteiger partial charge is 0.0745 e. The zero-order valence-electron chi connectivity index (χ0n) is 14.3. The fourth-order valence-electron chi connectivity index (χ4n) is 3.62. The van der Waals surface area contributed by atoms with Crippen molar-refractivity contribution in [2.75, 3.05) is 13.2 Å². The van der Waals surface area contributed by atoms with E-state index in [0.717, 1.165) is 38.5 Å². The van der Waals surface area contributed by atoms with E-state index in [9.17, 15) is 0 Å². The first-order valence-corrected chi connectivity index (χ1v) is 9.00. The highest BCUT2D eigenvalue weighted by Gasteiger charge is 2.36. The second kappa shape index (κ2) is 7.03. The van der Waals surface area contributed by atoms with Gasteiger partial charge in [0.15, 0.2) is 0 Å². The van der Waals surface area contributed by atoms with Crippen molar-refractivity contribution in [2.45, 2.75) is 44.4 Å². The number of aromatic nitrogens is 3. The van der Waals surface area contributed by atoms with Gasteiger partial charge in [-0.05, 0) is 54.9 Å². The van der Waals surface area contributed by atoms with Gasteiger partial charge in [-0.2, -0.15) is 5.10 Å². The van der Waals surface area contributed by atoms with Gasteiger partial charge >= 0.3 is 0 Å². The summed E-state index contributed by atoms with van der Waals surface area (Å²) in [7, 11) is 1.98. The summed E-state index contributed by atoms with van der Waals surface area (Å²) in [5, 5.41) is 4.33. The van der Waals surface area contributed by atoms with Gasteiger partial charge in [0.1, 0.15) is 0 Å². The third-order valence-corrected chi connectivity index (χ3v) is 5.18. The van der Waals surface area contributed by atoms with Crippen LogP contribution in [0.15, 0.2) is 36.9 Å². The van der Waals surface area contributed by atoms with E-state index >= 15 is 0 Å². The maximum Gasteiger partial charge on any atom is 0.0745 e. The molecule has 2 aliphatic rings. The minimum absolute atomic E-state index is 0.340. The first-order valence-electron chi connectivity index (χ1n) is 9.00.